The van der Waals surface area contributed by atoms with Crippen molar-refractivity contribution in [3.05, 3.63) is 0 Å². The van der Waals surface area contributed by atoms with Gasteiger partial charge in [0.25, 0.3) is 0 Å². The number of rotatable bonds is 9. The summed E-state index contributed by atoms with van der Waals surface area (Å²) in [5, 5.41) is 10.7. The minimum absolute atomic E-state index is 0.133. The summed E-state index contributed by atoms with van der Waals surface area (Å²) in [6.45, 7) is 12.1. The Morgan fingerprint density at radius 3 is 1.88 bits per heavy atom. The van der Waals surface area contributed by atoms with Crippen LogP contribution in [0.25, 0.3) is 0 Å². The van der Waals surface area contributed by atoms with Gasteiger partial charge in [-0.2, -0.15) is 0 Å². The lowest BCUT2D eigenvalue weighted by Crippen LogP contribution is -2.53. The summed E-state index contributed by atoms with van der Waals surface area (Å²) in [4.78, 5) is 38.3. The van der Waals surface area contributed by atoms with Crippen LogP contribution in [-0.2, 0) is 14.4 Å². The Morgan fingerprint density at radius 1 is 0.880 bits per heavy atom. The third-order valence-electron chi connectivity index (χ3n) is 5.16. The average Bonchev–Trinajstić information content (AvgIpc) is 2.45. The molecule has 1 aliphatic rings. The Labute approximate surface area is 152 Å². The van der Waals surface area contributed by atoms with Crippen LogP contribution in [0.3, 0.4) is 0 Å². The Bertz CT molecular complexity index is 478. The lowest BCUT2D eigenvalue weighted by molar-refractivity contribution is -0.155. The fraction of sp³-hybridized carbons (Fsp3) is 0.857. The van der Waals surface area contributed by atoms with E-state index in [1.165, 1.54) is 0 Å². The number of ketones is 3. The van der Waals surface area contributed by atoms with Crippen molar-refractivity contribution in [1.82, 2.24) is 0 Å². The molecule has 4 atom stereocenters. The third-order valence-corrected chi connectivity index (χ3v) is 5.16. The van der Waals surface area contributed by atoms with Gasteiger partial charge in [0, 0.05) is 12.3 Å². The van der Waals surface area contributed by atoms with Gasteiger partial charge in [0.2, 0.25) is 0 Å². The summed E-state index contributed by atoms with van der Waals surface area (Å²) in [5.74, 6) is -2.07. The van der Waals surface area contributed by atoms with Gasteiger partial charge in [-0.3, -0.25) is 14.4 Å². The van der Waals surface area contributed by atoms with Crippen molar-refractivity contribution in [3.63, 3.8) is 0 Å². The van der Waals surface area contributed by atoms with Crippen LogP contribution >= 0.6 is 0 Å². The van der Waals surface area contributed by atoms with Gasteiger partial charge < -0.3 is 5.11 Å². The fourth-order valence-corrected chi connectivity index (χ4v) is 3.67. The lowest BCUT2D eigenvalue weighted by atomic mass is 9.66. The van der Waals surface area contributed by atoms with Crippen LogP contribution in [0.2, 0.25) is 0 Å². The predicted molar refractivity (Wildman–Crippen MR) is 99.1 cm³/mol. The van der Waals surface area contributed by atoms with Gasteiger partial charge in [-0.15, -0.1) is 0 Å². The molecular formula is C21H36O4. The van der Waals surface area contributed by atoms with Gasteiger partial charge in [-0.25, -0.2) is 0 Å². The molecule has 0 bridgehead atoms. The number of Topliss-reactive ketones (excluding diaryl/α,β-unsaturated/α-hetero) is 3. The van der Waals surface area contributed by atoms with Crippen molar-refractivity contribution in [1.29, 1.82) is 0 Å². The molecule has 0 spiro atoms. The van der Waals surface area contributed by atoms with Gasteiger partial charge in [-0.1, -0.05) is 48.0 Å². The monoisotopic (exact) mass is 352 g/mol. The van der Waals surface area contributed by atoms with E-state index in [0.29, 0.717) is 24.7 Å². The highest BCUT2D eigenvalue weighted by Crippen LogP contribution is 2.36. The van der Waals surface area contributed by atoms with Crippen LogP contribution in [0.1, 0.15) is 73.6 Å². The fourth-order valence-electron chi connectivity index (χ4n) is 3.67. The van der Waals surface area contributed by atoms with E-state index >= 15 is 0 Å². The first-order chi connectivity index (χ1) is 11.6. The van der Waals surface area contributed by atoms with Gasteiger partial charge in [0.15, 0.2) is 5.78 Å². The van der Waals surface area contributed by atoms with E-state index < -0.39 is 23.9 Å². The summed E-state index contributed by atoms with van der Waals surface area (Å²) in [6, 6.07) is 0. The molecule has 25 heavy (non-hydrogen) atoms. The van der Waals surface area contributed by atoms with E-state index in [1.54, 1.807) is 0 Å². The van der Waals surface area contributed by atoms with Crippen LogP contribution < -0.4 is 0 Å². The molecule has 1 fully saturated rings. The highest BCUT2D eigenvalue weighted by molar-refractivity contribution is 6.15. The van der Waals surface area contributed by atoms with Crippen molar-refractivity contribution >= 4 is 17.3 Å². The Morgan fingerprint density at radius 2 is 1.40 bits per heavy atom. The van der Waals surface area contributed by atoms with Gasteiger partial charge in [0.1, 0.15) is 17.5 Å². The van der Waals surface area contributed by atoms with Crippen LogP contribution in [0.15, 0.2) is 0 Å². The molecule has 4 nitrogen and oxygen atoms in total. The maximum atomic E-state index is 12.9. The molecule has 1 saturated carbocycles. The molecule has 4 heteroatoms. The van der Waals surface area contributed by atoms with E-state index in [4.69, 9.17) is 0 Å². The molecule has 1 N–H and O–H groups in total. The minimum Gasteiger partial charge on any atom is -0.391 e. The lowest BCUT2D eigenvalue weighted by Gasteiger charge is -2.37. The summed E-state index contributed by atoms with van der Waals surface area (Å²) >= 11 is 0. The third kappa shape index (κ3) is 6.02. The first-order valence-corrected chi connectivity index (χ1v) is 9.84. The van der Waals surface area contributed by atoms with Crippen LogP contribution in [0.4, 0.5) is 0 Å². The Hall–Kier alpha value is -1.03. The van der Waals surface area contributed by atoms with E-state index in [-0.39, 0.29) is 29.7 Å². The smallest absolute Gasteiger partial charge is 0.156 e. The molecule has 0 aromatic rings. The summed E-state index contributed by atoms with van der Waals surface area (Å²) < 4.78 is 0. The quantitative estimate of drug-likeness (QED) is 0.640. The molecule has 0 aromatic heterocycles. The zero-order valence-corrected chi connectivity index (χ0v) is 16.7. The minimum atomic E-state index is -1.15. The average molecular weight is 353 g/mol. The van der Waals surface area contributed by atoms with Crippen LogP contribution in [-0.4, -0.2) is 28.6 Å². The second-order valence-electron chi connectivity index (χ2n) is 8.94. The summed E-state index contributed by atoms with van der Waals surface area (Å²) in [5.41, 5.74) is 0. The molecule has 4 unspecified atom stereocenters. The van der Waals surface area contributed by atoms with Gasteiger partial charge >= 0.3 is 0 Å². The number of aliphatic hydroxyl groups excluding tert-OH is 1. The molecule has 0 aromatic carbocycles. The van der Waals surface area contributed by atoms with E-state index in [9.17, 15) is 19.5 Å². The number of hydrogen-bond donors (Lipinski definition) is 1. The Kier molecular flexibility index (Phi) is 8.46. The number of aliphatic hydroxyl groups is 1. The van der Waals surface area contributed by atoms with Crippen LogP contribution in [0, 0.1) is 35.5 Å². The molecule has 0 radical (unpaired) electrons. The largest absolute Gasteiger partial charge is 0.391 e. The van der Waals surface area contributed by atoms with Crippen LogP contribution in [0.5, 0.6) is 0 Å². The van der Waals surface area contributed by atoms with E-state index in [0.717, 1.165) is 12.8 Å². The molecule has 1 aliphatic carbocycles. The first kappa shape index (κ1) is 22.0. The van der Waals surface area contributed by atoms with Crippen molar-refractivity contribution in [2.45, 2.75) is 79.8 Å². The predicted octanol–water partition coefficient (Wildman–Crippen LogP) is 3.84. The first-order valence-electron chi connectivity index (χ1n) is 9.84. The molecule has 0 aliphatic heterocycles. The second kappa shape index (κ2) is 9.61. The molecule has 0 amide bonds. The standard InChI is InChI=1S/C21H36O4/c1-12(2)7-9-15-19(23)16(10-8-13(3)4)21(25)18(20(15)24)17(22)11-14(5)6/h12-16,18,20,24H,7-11H2,1-6H3. The summed E-state index contributed by atoms with van der Waals surface area (Å²) in [7, 11) is 0. The SMILES string of the molecule is CC(C)CCC1C(=O)C(CCC(C)C)C(O)C(C(=O)CC(C)C)C1=O. The Balaban J connectivity index is 3.06. The maximum Gasteiger partial charge on any atom is 0.156 e. The molecule has 0 heterocycles. The van der Waals surface area contributed by atoms with Crippen molar-refractivity contribution in [2.75, 3.05) is 0 Å². The normalized spacial score (nSPS) is 27.6. The van der Waals surface area contributed by atoms with Gasteiger partial charge in [0.05, 0.1) is 12.0 Å². The molecule has 144 valence electrons. The number of hydrogen-bond acceptors (Lipinski definition) is 4. The highest BCUT2D eigenvalue weighted by Gasteiger charge is 2.50. The molecule has 1 rings (SSSR count). The number of carbonyl (C=O) groups excluding carboxylic acids is 3. The number of carbonyl (C=O) groups is 3. The summed E-state index contributed by atoms with van der Waals surface area (Å²) in [6.07, 6.45) is 1.75. The highest BCUT2D eigenvalue weighted by atomic mass is 16.3. The topological polar surface area (TPSA) is 71.4 Å². The maximum absolute atomic E-state index is 12.9. The zero-order valence-electron chi connectivity index (χ0n) is 16.7. The second-order valence-corrected chi connectivity index (χ2v) is 8.94. The molecular weight excluding hydrogens is 316 g/mol. The van der Waals surface area contributed by atoms with Crippen molar-refractivity contribution < 1.29 is 19.5 Å². The van der Waals surface area contributed by atoms with E-state index in [2.05, 4.69) is 27.7 Å². The zero-order chi connectivity index (χ0) is 19.3. The van der Waals surface area contributed by atoms with Crippen molar-refractivity contribution in [2.24, 2.45) is 35.5 Å². The van der Waals surface area contributed by atoms with Gasteiger partial charge in [-0.05, 0) is 37.0 Å². The van der Waals surface area contributed by atoms with Crippen molar-refractivity contribution in [3.8, 4) is 0 Å². The van der Waals surface area contributed by atoms with E-state index in [1.807, 2.05) is 13.8 Å². The molecule has 0 saturated heterocycles.